The molecule has 1 aromatic carbocycles. The van der Waals surface area contributed by atoms with Gasteiger partial charge < -0.3 is 5.32 Å². The largest absolute Gasteiger partial charge is 0.312 e. The van der Waals surface area contributed by atoms with Gasteiger partial charge in [-0.2, -0.15) is 0 Å². The van der Waals surface area contributed by atoms with Crippen LogP contribution in [0.25, 0.3) is 0 Å². The molecular weight excluding hydrogens is 314 g/mol. The third-order valence-electron chi connectivity index (χ3n) is 4.20. The van der Waals surface area contributed by atoms with Gasteiger partial charge in [-0.1, -0.05) is 0 Å². The fourth-order valence-corrected chi connectivity index (χ4v) is 3.57. The summed E-state index contributed by atoms with van der Waals surface area (Å²) < 4.78 is 28.0. The Bertz CT molecular complexity index is 467. The van der Waals surface area contributed by atoms with Crippen molar-refractivity contribution in [3.8, 4) is 0 Å². The zero-order valence-corrected chi connectivity index (χ0v) is 12.2. The maximum atomic E-state index is 14.0. The van der Waals surface area contributed by atoms with Gasteiger partial charge in [0, 0.05) is 31.2 Å². The fraction of sp³-hybridized carbons (Fsp3) is 0.571. The van der Waals surface area contributed by atoms with Crippen LogP contribution in [0.15, 0.2) is 16.6 Å². The Morgan fingerprint density at radius 2 is 2.16 bits per heavy atom. The van der Waals surface area contributed by atoms with Gasteiger partial charge in [0.25, 0.3) is 0 Å². The second-order valence-electron chi connectivity index (χ2n) is 5.48. The summed E-state index contributed by atoms with van der Waals surface area (Å²) in [5.41, 5.74) is 0.174. The zero-order chi connectivity index (χ0) is 13.4. The average molecular weight is 331 g/mol. The third-order valence-corrected chi connectivity index (χ3v) is 4.81. The number of likely N-dealkylation sites (tertiary alicyclic amines) is 1. The lowest BCUT2D eigenvalue weighted by Crippen LogP contribution is -2.40. The first kappa shape index (κ1) is 13.5. The summed E-state index contributed by atoms with van der Waals surface area (Å²) in [6.45, 7) is 3.24. The SMILES string of the molecule is Fc1ccc(Br)c(F)c1CN1CC2CCCNC2C1. The Kier molecular flexibility index (Phi) is 3.87. The molecule has 2 heterocycles. The van der Waals surface area contributed by atoms with Crippen LogP contribution in [0.4, 0.5) is 8.78 Å². The number of piperidine rings is 1. The van der Waals surface area contributed by atoms with Crippen molar-refractivity contribution in [1.82, 2.24) is 10.2 Å². The van der Waals surface area contributed by atoms with E-state index < -0.39 is 11.6 Å². The minimum atomic E-state index is -0.470. The van der Waals surface area contributed by atoms with E-state index in [1.165, 1.54) is 25.0 Å². The molecule has 0 aromatic heterocycles. The van der Waals surface area contributed by atoms with Crippen LogP contribution < -0.4 is 5.32 Å². The standard InChI is InChI=1S/C14H17BrF2N2/c15-11-3-4-12(16)10(14(11)17)7-19-6-9-2-1-5-18-13(9)8-19/h3-4,9,13,18H,1-2,5-8H2. The number of hydrogen-bond donors (Lipinski definition) is 1. The molecule has 1 N–H and O–H groups in total. The van der Waals surface area contributed by atoms with E-state index in [-0.39, 0.29) is 5.56 Å². The van der Waals surface area contributed by atoms with E-state index in [0.717, 1.165) is 19.6 Å². The first-order valence-corrected chi connectivity index (χ1v) is 7.52. The van der Waals surface area contributed by atoms with Crippen LogP contribution in [0, 0.1) is 17.6 Å². The Balaban J connectivity index is 1.74. The van der Waals surface area contributed by atoms with Gasteiger partial charge in [-0.05, 0) is 53.4 Å². The zero-order valence-electron chi connectivity index (χ0n) is 10.6. The van der Waals surface area contributed by atoms with Crippen LogP contribution in [0.5, 0.6) is 0 Å². The highest BCUT2D eigenvalue weighted by Gasteiger charge is 2.34. The van der Waals surface area contributed by atoms with Crippen LogP contribution in [-0.2, 0) is 6.54 Å². The molecule has 2 atom stereocenters. The molecule has 0 amide bonds. The summed E-state index contributed by atoms with van der Waals surface area (Å²) in [4.78, 5) is 2.15. The molecule has 0 saturated carbocycles. The maximum Gasteiger partial charge on any atom is 0.144 e. The summed E-state index contributed by atoms with van der Waals surface area (Å²) in [6.07, 6.45) is 2.42. The van der Waals surface area contributed by atoms with Gasteiger partial charge in [0.2, 0.25) is 0 Å². The lowest BCUT2D eigenvalue weighted by Gasteiger charge is -2.24. The minimum absolute atomic E-state index is 0.174. The smallest absolute Gasteiger partial charge is 0.144 e. The molecule has 2 unspecified atom stereocenters. The molecule has 2 aliphatic heterocycles. The van der Waals surface area contributed by atoms with Crippen LogP contribution in [-0.4, -0.2) is 30.6 Å². The molecule has 2 fully saturated rings. The number of halogens is 3. The molecule has 3 rings (SSSR count). The van der Waals surface area contributed by atoms with Crippen LogP contribution in [0.3, 0.4) is 0 Å². The minimum Gasteiger partial charge on any atom is -0.312 e. The highest BCUT2D eigenvalue weighted by Crippen LogP contribution is 2.28. The highest BCUT2D eigenvalue weighted by molar-refractivity contribution is 9.10. The first-order valence-electron chi connectivity index (χ1n) is 6.73. The summed E-state index contributed by atoms with van der Waals surface area (Å²) in [6, 6.07) is 3.23. The second-order valence-corrected chi connectivity index (χ2v) is 6.33. The van der Waals surface area contributed by atoms with Crippen molar-refractivity contribution in [2.24, 2.45) is 5.92 Å². The van der Waals surface area contributed by atoms with Gasteiger partial charge in [-0.15, -0.1) is 0 Å². The monoisotopic (exact) mass is 330 g/mol. The molecule has 0 bridgehead atoms. The lowest BCUT2D eigenvalue weighted by molar-refractivity contribution is 0.302. The summed E-state index contributed by atoms with van der Waals surface area (Å²) in [7, 11) is 0. The number of hydrogen-bond acceptors (Lipinski definition) is 2. The van der Waals surface area contributed by atoms with Gasteiger partial charge in [-0.25, -0.2) is 8.78 Å². The van der Waals surface area contributed by atoms with E-state index in [1.54, 1.807) is 0 Å². The summed E-state index contributed by atoms with van der Waals surface area (Å²) in [5, 5.41) is 3.50. The molecule has 2 saturated heterocycles. The molecule has 0 spiro atoms. The number of nitrogens with one attached hydrogen (secondary N) is 1. The van der Waals surface area contributed by atoms with Crippen molar-refractivity contribution >= 4 is 15.9 Å². The normalized spacial score (nSPS) is 27.5. The van der Waals surface area contributed by atoms with Crippen molar-refractivity contribution in [2.45, 2.75) is 25.4 Å². The highest BCUT2D eigenvalue weighted by atomic mass is 79.9. The van der Waals surface area contributed by atoms with Crippen molar-refractivity contribution in [1.29, 1.82) is 0 Å². The number of benzene rings is 1. The fourth-order valence-electron chi connectivity index (χ4n) is 3.20. The van der Waals surface area contributed by atoms with Crippen LogP contribution in [0.1, 0.15) is 18.4 Å². The van der Waals surface area contributed by atoms with Gasteiger partial charge in [0.1, 0.15) is 11.6 Å². The molecular formula is C14H17BrF2N2. The maximum absolute atomic E-state index is 14.0. The van der Waals surface area contributed by atoms with E-state index in [4.69, 9.17) is 0 Å². The summed E-state index contributed by atoms with van der Waals surface area (Å²) in [5.74, 6) is -0.293. The van der Waals surface area contributed by atoms with E-state index in [2.05, 4.69) is 26.1 Å². The lowest BCUT2D eigenvalue weighted by atomic mass is 9.94. The van der Waals surface area contributed by atoms with Gasteiger partial charge in [-0.3, -0.25) is 4.90 Å². The molecule has 19 heavy (non-hydrogen) atoms. The Morgan fingerprint density at radius 1 is 1.32 bits per heavy atom. The van der Waals surface area contributed by atoms with Crippen molar-refractivity contribution in [2.75, 3.05) is 19.6 Å². The quantitative estimate of drug-likeness (QED) is 0.839. The first-order chi connectivity index (χ1) is 9.15. The van der Waals surface area contributed by atoms with Crippen molar-refractivity contribution in [3.63, 3.8) is 0 Å². The predicted molar refractivity (Wildman–Crippen MR) is 73.8 cm³/mol. The third kappa shape index (κ3) is 2.69. The molecule has 104 valence electrons. The molecule has 0 aliphatic carbocycles. The van der Waals surface area contributed by atoms with E-state index in [1.807, 2.05) is 0 Å². The Hall–Kier alpha value is -0.520. The summed E-state index contributed by atoms with van der Waals surface area (Å²) >= 11 is 3.12. The Labute approximate surface area is 120 Å². The van der Waals surface area contributed by atoms with Gasteiger partial charge in [0.05, 0.1) is 4.47 Å². The average Bonchev–Trinajstić information content (AvgIpc) is 2.81. The molecule has 0 radical (unpaired) electrons. The van der Waals surface area contributed by atoms with E-state index in [0.29, 0.717) is 23.0 Å². The van der Waals surface area contributed by atoms with Crippen LogP contribution >= 0.6 is 15.9 Å². The number of rotatable bonds is 2. The number of fused-ring (bicyclic) bond motifs is 1. The van der Waals surface area contributed by atoms with Crippen molar-refractivity contribution < 1.29 is 8.78 Å². The molecule has 5 heteroatoms. The topological polar surface area (TPSA) is 15.3 Å². The van der Waals surface area contributed by atoms with Crippen LogP contribution in [0.2, 0.25) is 0 Å². The van der Waals surface area contributed by atoms with Gasteiger partial charge >= 0.3 is 0 Å². The molecule has 1 aromatic rings. The number of nitrogens with zero attached hydrogens (tertiary/aromatic N) is 1. The second kappa shape index (κ2) is 5.46. The van der Waals surface area contributed by atoms with E-state index >= 15 is 0 Å². The van der Waals surface area contributed by atoms with Gasteiger partial charge in [0.15, 0.2) is 0 Å². The van der Waals surface area contributed by atoms with E-state index in [9.17, 15) is 8.78 Å². The Morgan fingerprint density at radius 3 is 2.95 bits per heavy atom. The van der Waals surface area contributed by atoms with Crippen molar-refractivity contribution in [3.05, 3.63) is 33.8 Å². The molecule has 2 aliphatic rings. The predicted octanol–water partition coefficient (Wildman–Crippen LogP) is 2.91. The molecule has 2 nitrogen and oxygen atoms in total.